The average Bonchev–Trinajstić information content (AvgIpc) is 3.44. The van der Waals surface area contributed by atoms with Crippen LogP contribution in [0.1, 0.15) is 30.4 Å². The Balaban J connectivity index is 1.18. The van der Waals surface area contributed by atoms with Crippen LogP contribution in [0.5, 0.6) is 0 Å². The van der Waals surface area contributed by atoms with Crippen LogP contribution >= 0.6 is 0 Å². The molecule has 2 heterocycles. The van der Waals surface area contributed by atoms with Gasteiger partial charge in [0.15, 0.2) is 0 Å². The molecule has 30 heavy (non-hydrogen) atoms. The second kappa shape index (κ2) is 9.94. The summed E-state index contributed by atoms with van der Waals surface area (Å²) >= 11 is 0. The third-order valence-electron chi connectivity index (χ3n) is 6.08. The number of hydrogen-bond acceptors (Lipinski definition) is 3. The summed E-state index contributed by atoms with van der Waals surface area (Å²) < 4.78 is 13.1. The van der Waals surface area contributed by atoms with Gasteiger partial charge in [0.1, 0.15) is 5.82 Å². The van der Waals surface area contributed by atoms with Crippen molar-refractivity contribution >= 4 is 11.7 Å². The van der Waals surface area contributed by atoms with E-state index in [0.717, 1.165) is 37.3 Å². The molecule has 2 saturated heterocycles. The fourth-order valence-electron chi connectivity index (χ4n) is 4.40. The van der Waals surface area contributed by atoms with E-state index < -0.39 is 0 Å². The van der Waals surface area contributed by atoms with E-state index in [0.29, 0.717) is 19.0 Å². The summed E-state index contributed by atoms with van der Waals surface area (Å²) in [6.07, 6.45) is 3.62. The van der Waals surface area contributed by atoms with Crippen molar-refractivity contribution in [3.63, 3.8) is 0 Å². The van der Waals surface area contributed by atoms with Gasteiger partial charge in [-0.05, 0) is 73.7 Å². The van der Waals surface area contributed by atoms with Gasteiger partial charge in [0, 0.05) is 38.4 Å². The molecule has 0 aromatic heterocycles. The van der Waals surface area contributed by atoms with Gasteiger partial charge in [-0.1, -0.05) is 24.3 Å². The predicted octanol–water partition coefficient (Wildman–Crippen LogP) is 3.75. The topological polar surface area (TPSA) is 47.6 Å². The summed E-state index contributed by atoms with van der Waals surface area (Å²) in [6.45, 7) is 6.36. The van der Waals surface area contributed by atoms with E-state index >= 15 is 0 Å². The van der Waals surface area contributed by atoms with Gasteiger partial charge in [-0.25, -0.2) is 9.18 Å². The molecule has 2 N–H and O–H groups in total. The maximum atomic E-state index is 13.1. The second-order valence-corrected chi connectivity index (χ2v) is 8.44. The molecule has 2 aliphatic heterocycles. The van der Waals surface area contributed by atoms with Crippen molar-refractivity contribution in [3.05, 3.63) is 65.5 Å². The number of rotatable bonds is 7. The fourth-order valence-corrected chi connectivity index (χ4v) is 4.40. The third-order valence-corrected chi connectivity index (χ3v) is 6.08. The van der Waals surface area contributed by atoms with Crippen LogP contribution in [-0.4, -0.2) is 43.7 Å². The number of anilines is 1. The molecule has 0 bridgehead atoms. The SMILES string of the molecule is O=C(NCc1cccc(CN2CCCC2)c1)NC[C@@H]1CCN(c2ccc(F)cc2)C1. The molecule has 6 heteroatoms. The number of likely N-dealkylation sites (tertiary alicyclic amines) is 1. The molecule has 0 spiro atoms. The van der Waals surface area contributed by atoms with Crippen LogP contribution in [-0.2, 0) is 13.1 Å². The quantitative estimate of drug-likeness (QED) is 0.731. The Morgan fingerprint density at radius 2 is 1.77 bits per heavy atom. The van der Waals surface area contributed by atoms with Crippen molar-refractivity contribution in [2.24, 2.45) is 5.92 Å². The van der Waals surface area contributed by atoms with Crippen molar-refractivity contribution in [3.8, 4) is 0 Å². The van der Waals surface area contributed by atoms with E-state index in [1.165, 1.54) is 43.6 Å². The monoisotopic (exact) mass is 410 g/mol. The maximum absolute atomic E-state index is 13.1. The minimum absolute atomic E-state index is 0.125. The van der Waals surface area contributed by atoms with Gasteiger partial charge in [0.25, 0.3) is 0 Å². The summed E-state index contributed by atoms with van der Waals surface area (Å²) in [4.78, 5) is 17.0. The Morgan fingerprint density at radius 1 is 1.00 bits per heavy atom. The highest BCUT2D eigenvalue weighted by atomic mass is 19.1. The molecule has 1 atom stereocenters. The summed E-state index contributed by atoms with van der Waals surface area (Å²) in [5.41, 5.74) is 3.48. The largest absolute Gasteiger partial charge is 0.371 e. The van der Waals surface area contributed by atoms with E-state index in [9.17, 15) is 9.18 Å². The lowest BCUT2D eigenvalue weighted by atomic mass is 10.1. The molecular formula is C24H31FN4O. The van der Waals surface area contributed by atoms with E-state index in [-0.39, 0.29) is 11.8 Å². The molecular weight excluding hydrogens is 379 g/mol. The molecule has 0 radical (unpaired) electrons. The molecule has 0 unspecified atom stereocenters. The van der Waals surface area contributed by atoms with E-state index in [1.54, 1.807) is 0 Å². The van der Waals surface area contributed by atoms with Gasteiger partial charge >= 0.3 is 6.03 Å². The second-order valence-electron chi connectivity index (χ2n) is 8.44. The smallest absolute Gasteiger partial charge is 0.315 e. The van der Waals surface area contributed by atoms with Crippen LogP contribution in [0.15, 0.2) is 48.5 Å². The zero-order valence-corrected chi connectivity index (χ0v) is 17.4. The first-order valence-electron chi connectivity index (χ1n) is 11.0. The number of benzene rings is 2. The lowest BCUT2D eigenvalue weighted by molar-refractivity contribution is 0.239. The van der Waals surface area contributed by atoms with Crippen LogP contribution in [0.4, 0.5) is 14.9 Å². The van der Waals surface area contributed by atoms with Gasteiger partial charge in [-0.2, -0.15) is 0 Å². The molecule has 0 saturated carbocycles. The van der Waals surface area contributed by atoms with Gasteiger partial charge in [0.2, 0.25) is 0 Å². The van der Waals surface area contributed by atoms with Gasteiger partial charge in [-0.15, -0.1) is 0 Å². The molecule has 4 rings (SSSR count). The Hall–Kier alpha value is -2.60. The van der Waals surface area contributed by atoms with Crippen molar-refractivity contribution in [2.45, 2.75) is 32.4 Å². The molecule has 2 amide bonds. The number of halogens is 1. The van der Waals surface area contributed by atoms with Crippen molar-refractivity contribution in [2.75, 3.05) is 37.6 Å². The molecule has 2 aromatic carbocycles. The first-order chi connectivity index (χ1) is 14.7. The number of urea groups is 1. The highest BCUT2D eigenvalue weighted by Crippen LogP contribution is 2.23. The van der Waals surface area contributed by atoms with Crippen LogP contribution in [0.2, 0.25) is 0 Å². The third kappa shape index (κ3) is 5.72. The first-order valence-corrected chi connectivity index (χ1v) is 11.0. The van der Waals surface area contributed by atoms with Crippen LogP contribution in [0.25, 0.3) is 0 Å². The summed E-state index contributed by atoms with van der Waals surface area (Å²) in [7, 11) is 0. The fraction of sp³-hybridized carbons (Fsp3) is 0.458. The van der Waals surface area contributed by atoms with E-state index in [1.807, 2.05) is 12.1 Å². The minimum Gasteiger partial charge on any atom is -0.371 e. The van der Waals surface area contributed by atoms with Crippen LogP contribution < -0.4 is 15.5 Å². The molecule has 0 aliphatic carbocycles. The Bertz CT molecular complexity index is 835. The summed E-state index contributed by atoms with van der Waals surface area (Å²) in [5, 5.41) is 5.98. The van der Waals surface area contributed by atoms with Crippen LogP contribution in [0, 0.1) is 11.7 Å². The molecule has 2 fully saturated rings. The number of hydrogen-bond donors (Lipinski definition) is 2. The van der Waals surface area contributed by atoms with Gasteiger partial charge < -0.3 is 15.5 Å². The maximum Gasteiger partial charge on any atom is 0.315 e. The number of nitrogens with zero attached hydrogens (tertiary/aromatic N) is 2. The van der Waals surface area contributed by atoms with E-state index in [4.69, 9.17) is 0 Å². The highest BCUT2D eigenvalue weighted by molar-refractivity contribution is 5.73. The normalized spacial score (nSPS) is 19.2. The molecule has 5 nitrogen and oxygen atoms in total. The molecule has 2 aromatic rings. The number of nitrogens with one attached hydrogen (secondary N) is 2. The van der Waals surface area contributed by atoms with Crippen molar-refractivity contribution in [1.29, 1.82) is 0 Å². The standard InChI is InChI=1S/C24H31FN4O/c25-22-6-8-23(9-7-22)29-13-10-21(18-29)16-27-24(30)26-15-19-4-3-5-20(14-19)17-28-11-1-2-12-28/h3-9,14,21H,1-2,10-13,15-18H2,(H2,26,27,30)/t21-/m0/s1. The highest BCUT2D eigenvalue weighted by Gasteiger charge is 2.23. The van der Waals surface area contributed by atoms with E-state index in [2.05, 4.69) is 44.7 Å². The zero-order valence-electron chi connectivity index (χ0n) is 17.4. The average molecular weight is 411 g/mol. The zero-order chi connectivity index (χ0) is 20.8. The van der Waals surface area contributed by atoms with Crippen molar-refractivity contribution in [1.82, 2.24) is 15.5 Å². The minimum atomic E-state index is -0.214. The Labute approximate surface area is 178 Å². The Kier molecular flexibility index (Phi) is 6.84. The number of carbonyl (C=O) groups excluding carboxylic acids is 1. The number of carbonyl (C=O) groups is 1. The van der Waals surface area contributed by atoms with Crippen LogP contribution in [0.3, 0.4) is 0 Å². The van der Waals surface area contributed by atoms with Crippen molar-refractivity contribution < 1.29 is 9.18 Å². The summed E-state index contributed by atoms with van der Waals surface area (Å²) in [5.74, 6) is 0.194. The first kappa shape index (κ1) is 20.7. The Morgan fingerprint density at radius 3 is 2.57 bits per heavy atom. The lowest BCUT2D eigenvalue weighted by Crippen LogP contribution is -2.38. The van der Waals surface area contributed by atoms with Gasteiger partial charge in [0.05, 0.1) is 0 Å². The molecule has 160 valence electrons. The molecule has 2 aliphatic rings. The predicted molar refractivity (Wildman–Crippen MR) is 118 cm³/mol. The summed E-state index contributed by atoms with van der Waals surface area (Å²) in [6, 6.07) is 15.0. The number of amides is 2. The lowest BCUT2D eigenvalue weighted by Gasteiger charge is -2.19. The van der Waals surface area contributed by atoms with Gasteiger partial charge in [-0.3, -0.25) is 4.90 Å².